The van der Waals surface area contributed by atoms with E-state index in [0.717, 1.165) is 0 Å². The first kappa shape index (κ1) is 19.6. The lowest BCUT2D eigenvalue weighted by molar-refractivity contribution is -0.150. The number of aliphatic carboxylic acids is 2. The molecule has 0 bridgehead atoms. The first-order valence-corrected chi connectivity index (χ1v) is 8.82. The number of anilines is 1. The number of benzene rings is 2. The van der Waals surface area contributed by atoms with Crippen LogP contribution in [0.15, 0.2) is 53.5 Å². The number of rotatable bonds is 5. The molecule has 0 aromatic heterocycles. The van der Waals surface area contributed by atoms with Crippen molar-refractivity contribution in [3.05, 3.63) is 64.7 Å². The zero-order valence-electron chi connectivity index (χ0n) is 14.9. The molecule has 2 unspecified atom stereocenters. The number of carboxylic acid groups (broad SMARTS) is 2. The second-order valence-electron chi connectivity index (χ2n) is 6.39. The molecule has 0 aliphatic carbocycles. The lowest BCUT2D eigenvalue weighted by Gasteiger charge is -2.23. The monoisotopic (exact) mass is 400 g/mol. The SMILES string of the molecule is CN1C(=O)C(C(CC(=O)O)C(=O)O)N=C(c2ccccc2)c2cc(Cl)ccc21. The maximum absolute atomic E-state index is 13.0. The fourth-order valence-electron chi connectivity index (χ4n) is 3.18. The molecule has 28 heavy (non-hydrogen) atoms. The molecule has 144 valence electrons. The van der Waals surface area contributed by atoms with Gasteiger partial charge in [-0.05, 0) is 18.2 Å². The van der Waals surface area contributed by atoms with E-state index < -0.39 is 36.2 Å². The predicted octanol–water partition coefficient (Wildman–Crippen LogP) is 2.70. The number of halogens is 1. The Morgan fingerprint density at radius 1 is 1.18 bits per heavy atom. The molecule has 2 N–H and O–H groups in total. The fourth-order valence-corrected chi connectivity index (χ4v) is 3.35. The summed E-state index contributed by atoms with van der Waals surface area (Å²) in [5.41, 5.74) is 2.13. The molecule has 7 nitrogen and oxygen atoms in total. The number of amides is 1. The number of fused-ring (bicyclic) bond motifs is 1. The lowest BCUT2D eigenvalue weighted by Crippen LogP contribution is -2.42. The maximum atomic E-state index is 13.0. The smallest absolute Gasteiger partial charge is 0.309 e. The first-order valence-electron chi connectivity index (χ1n) is 8.45. The number of benzodiazepines with no additional fused rings is 1. The standard InChI is InChI=1S/C20H17ClN2O5/c1-23-15-8-7-12(21)9-13(15)17(11-5-3-2-4-6-11)22-18(19(23)26)14(20(27)28)10-16(24)25/h2-9,14,18H,10H2,1H3,(H,24,25)(H,27,28). The predicted molar refractivity (Wildman–Crippen MR) is 104 cm³/mol. The van der Waals surface area contributed by atoms with E-state index in [1.807, 2.05) is 6.07 Å². The summed E-state index contributed by atoms with van der Waals surface area (Å²) >= 11 is 6.15. The summed E-state index contributed by atoms with van der Waals surface area (Å²) in [4.78, 5) is 41.7. The second-order valence-corrected chi connectivity index (χ2v) is 6.83. The van der Waals surface area contributed by atoms with E-state index in [9.17, 15) is 19.5 Å². The Morgan fingerprint density at radius 3 is 2.46 bits per heavy atom. The van der Waals surface area contributed by atoms with Gasteiger partial charge in [-0.1, -0.05) is 41.9 Å². The summed E-state index contributed by atoms with van der Waals surface area (Å²) in [6, 6.07) is 12.5. The van der Waals surface area contributed by atoms with Crippen molar-refractivity contribution in [1.29, 1.82) is 0 Å². The average Bonchev–Trinajstić information content (AvgIpc) is 2.76. The van der Waals surface area contributed by atoms with Crippen molar-refractivity contribution in [1.82, 2.24) is 0 Å². The van der Waals surface area contributed by atoms with Gasteiger partial charge in [0.25, 0.3) is 5.91 Å². The molecular formula is C20H17ClN2O5. The van der Waals surface area contributed by atoms with Crippen LogP contribution in [-0.4, -0.2) is 46.9 Å². The van der Waals surface area contributed by atoms with Crippen molar-refractivity contribution in [2.75, 3.05) is 11.9 Å². The topological polar surface area (TPSA) is 107 Å². The highest BCUT2D eigenvalue weighted by Gasteiger charge is 2.40. The second kappa shape index (κ2) is 7.82. The van der Waals surface area contributed by atoms with Crippen molar-refractivity contribution in [3.8, 4) is 0 Å². The Morgan fingerprint density at radius 2 is 1.86 bits per heavy atom. The summed E-state index contributed by atoms with van der Waals surface area (Å²) in [5, 5.41) is 19.1. The van der Waals surface area contributed by atoms with Crippen molar-refractivity contribution >= 4 is 40.8 Å². The van der Waals surface area contributed by atoms with E-state index >= 15 is 0 Å². The van der Waals surface area contributed by atoms with Gasteiger partial charge >= 0.3 is 11.9 Å². The van der Waals surface area contributed by atoms with Crippen molar-refractivity contribution < 1.29 is 24.6 Å². The molecule has 1 aliphatic heterocycles. The van der Waals surface area contributed by atoms with Crippen molar-refractivity contribution in [3.63, 3.8) is 0 Å². The third kappa shape index (κ3) is 3.75. The van der Waals surface area contributed by atoms with Gasteiger partial charge < -0.3 is 15.1 Å². The number of aliphatic imine (C=N–C) groups is 1. The summed E-state index contributed by atoms with van der Waals surface area (Å²) in [7, 11) is 1.51. The highest BCUT2D eigenvalue weighted by molar-refractivity contribution is 6.32. The largest absolute Gasteiger partial charge is 0.481 e. The molecule has 1 amide bonds. The summed E-state index contributed by atoms with van der Waals surface area (Å²) in [6.45, 7) is 0. The van der Waals surface area contributed by atoms with Crippen LogP contribution in [0.2, 0.25) is 5.02 Å². The minimum absolute atomic E-state index is 0.387. The van der Waals surface area contributed by atoms with Crippen LogP contribution in [0, 0.1) is 5.92 Å². The quantitative estimate of drug-likeness (QED) is 0.802. The molecule has 0 saturated heterocycles. The number of hydrogen-bond acceptors (Lipinski definition) is 4. The third-order valence-corrected chi connectivity index (χ3v) is 4.80. The Kier molecular flexibility index (Phi) is 5.46. The normalized spacial score (nSPS) is 17.4. The van der Waals surface area contributed by atoms with E-state index in [-0.39, 0.29) is 0 Å². The zero-order valence-corrected chi connectivity index (χ0v) is 15.6. The molecule has 3 rings (SSSR count). The average molecular weight is 401 g/mol. The summed E-state index contributed by atoms with van der Waals surface area (Å²) < 4.78 is 0. The Hall–Kier alpha value is -3.19. The Bertz CT molecular complexity index is 974. The number of carbonyl (C=O) groups is 3. The molecule has 2 aromatic rings. The van der Waals surface area contributed by atoms with Gasteiger partial charge in [-0.3, -0.25) is 19.4 Å². The van der Waals surface area contributed by atoms with Crippen molar-refractivity contribution in [2.45, 2.75) is 12.5 Å². The molecule has 1 aliphatic rings. The van der Waals surface area contributed by atoms with Crippen LogP contribution < -0.4 is 4.90 Å². The molecule has 0 saturated carbocycles. The first-order chi connectivity index (χ1) is 13.3. The summed E-state index contributed by atoms with van der Waals surface area (Å²) in [6.07, 6.45) is -0.720. The number of likely N-dealkylation sites (N-methyl/N-ethyl adjacent to an activating group) is 1. The molecular weight excluding hydrogens is 384 g/mol. The number of carboxylic acids is 2. The van der Waals surface area contributed by atoms with Crippen LogP contribution in [-0.2, 0) is 14.4 Å². The molecule has 0 fully saturated rings. The van der Waals surface area contributed by atoms with E-state index in [2.05, 4.69) is 4.99 Å². The van der Waals surface area contributed by atoms with E-state index in [4.69, 9.17) is 16.7 Å². The zero-order chi connectivity index (χ0) is 20.4. The molecule has 0 radical (unpaired) electrons. The summed E-state index contributed by atoms with van der Waals surface area (Å²) in [5.74, 6) is -4.81. The van der Waals surface area contributed by atoms with Crippen LogP contribution in [0.4, 0.5) is 5.69 Å². The Balaban J connectivity index is 2.25. The van der Waals surface area contributed by atoms with E-state index in [1.165, 1.54) is 11.9 Å². The molecule has 1 heterocycles. The molecule has 2 aromatic carbocycles. The van der Waals surface area contributed by atoms with Gasteiger partial charge in [-0.2, -0.15) is 0 Å². The molecule has 8 heteroatoms. The van der Waals surface area contributed by atoms with Gasteiger partial charge in [0.15, 0.2) is 0 Å². The number of nitrogens with zero attached hydrogens (tertiary/aromatic N) is 2. The Labute approximate surface area is 165 Å². The van der Waals surface area contributed by atoms with E-state index in [0.29, 0.717) is 27.5 Å². The van der Waals surface area contributed by atoms with Gasteiger partial charge in [0.05, 0.1) is 23.7 Å². The van der Waals surface area contributed by atoms with Crippen LogP contribution in [0.25, 0.3) is 0 Å². The molecule has 0 spiro atoms. The van der Waals surface area contributed by atoms with Crippen LogP contribution in [0.5, 0.6) is 0 Å². The van der Waals surface area contributed by atoms with E-state index in [1.54, 1.807) is 42.5 Å². The van der Waals surface area contributed by atoms with Gasteiger partial charge in [0.2, 0.25) is 0 Å². The third-order valence-electron chi connectivity index (χ3n) is 4.57. The van der Waals surface area contributed by atoms with Gasteiger partial charge in [-0.25, -0.2) is 0 Å². The highest BCUT2D eigenvalue weighted by atomic mass is 35.5. The van der Waals surface area contributed by atoms with Gasteiger partial charge in [0.1, 0.15) is 6.04 Å². The fraction of sp³-hybridized carbons (Fsp3) is 0.200. The minimum atomic E-state index is -1.50. The van der Waals surface area contributed by atoms with Crippen molar-refractivity contribution in [2.24, 2.45) is 10.9 Å². The van der Waals surface area contributed by atoms with Crippen LogP contribution in [0.1, 0.15) is 17.5 Å². The minimum Gasteiger partial charge on any atom is -0.481 e. The van der Waals surface area contributed by atoms with Gasteiger partial charge in [-0.15, -0.1) is 0 Å². The van der Waals surface area contributed by atoms with Crippen LogP contribution >= 0.6 is 11.6 Å². The highest BCUT2D eigenvalue weighted by Crippen LogP contribution is 2.32. The maximum Gasteiger partial charge on any atom is 0.309 e. The number of carbonyl (C=O) groups excluding carboxylic acids is 1. The molecule has 2 atom stereocenters. The van der Waals surface area contributed by atoms with Gasteiger partial charge in [0, 0.05) is 23.2 Å². The number of hydrogen-bond donors (Lipinski definition) is 2. The van der Waals surface area contributed by atoms with Crippen LogP contribution in [0.3, 0.4) is 0 Å². The lowest BCUT2D eigenvalue weighted by atomic mass is 9.95.